The monoisotopic (exact) mass is 128 g/mol. The number of rotatable bonds is 0. The summed E-state index contributed by atoms with van der Waals surface area (Å²) in [5, 5.41) is 2.10. The molecule has 1 heterocycles. The molecule has 3 N–H and O–H groups in total. The van der Waals surface area contributed by atoms with Crippen LogP contribution in [0.3, 0.4) is 0 Å². The van der Waals surface area contributed by atoms with Crippen molar-refractivity contribution in [1.29, 1.82) is 0 Å². The van der Waals surface area contributed by atoms with Gasteiger partial charge in [-0.3, -0.25) is 14.9 Å². The maximum Gasteiger partial charge on any atom is 0.246 e. The molecule has 50 valence electrons. The van der Waals surface area contributed by atoms with Crippen molar-refractivity contribution in [3.63, 3.8) is 0 Å². The van der Waals surface area contributed by atoms with Gasteiger partial charge in [-0.25, -0.2) is 0 Å². The number of carbonyl (C=O) groups excluding carboxylic acids is 2. The highest BCUT2D eigenvalue weighted by Gasteiger charge is 2.38. The third kappa shape index (κ3) is 0.929. The molecule has 0 aromatic rings. The molecule has 9 heavy (non-hydrogen) atoms. The van der Waals surface area contributed by atoms with E-state index in [2.05, 4.69) is 5.32 Å². The Labute approximate surface area is 52.4 Å². The van der Waals surface area contributed by atoms with Crippen LogP contribution in [-0.4, -0.2) is 17.4 Å². The highest BCUT2D eigenvalue weighted by molar-refractivity contribution is 6.07. The van der Waals surface area contributed by atoms with Gasteiger partial charge in [0.25, 0.3) is 0 Å². The number of nitrogens with two attached hydrogens (primary N) is 1. The zero-order chi connectivity index (χ0) is 7.07. The minimum Gasteiger partial charge on any atom is -0.317 e. The first kappa shape index (κ1) is 6.22. The summed E-state index contributed by atoms with van der Waals surface area (Å²) < 4.78 is 0. The number of amides is 2. The molecular formula is C5H8N2O2. The van der Waals surface area contributed by atoms with Crippen molar-refractivity contribution in [3.8, 4) is 0 Å². The molecule has 0 aromatic heterocycles. The van der Waals surface area contributed by atoms with E-state index in [1.807, 2.05) is 0 Å². The smallest absolute Gasteiger partial charge is 0.246 e. The second kappa shape index (κ2) is 1.54. The van der Waals surface area contributed by atoms with Crippen LogP contribution >= 0.6 is 0 Å². The van der Waals surface area contributed by atoms with Crippen molar-refractivity contribution in [1.82, 2.24) is 5.32 Å². The third-order valence-corrected chi connectivity index (χ3v) is 1.30. The second-order valence-electron chi connectivity index (χ2n) is 2.47. The van der Waals surface area contributed by atoms with Gasteiger partial charge in [0.2, 0.25) is 11.8 Å². The van der Waals surface area contributed by atoms with Crippen LogP contribution in [0.25, 0.3) is 0 Å². The molecule has 1 saturated heterocycles. The van der Waals surface area contributed by atoms with Gasteiger partial charge in [-0.05, 0) is 6.92 Å². The minimum atomic E-state index is -0.975. The molecule has 1 atom stereocenters. The first-order valence-electron chi connectivity index (χ1n) is 2.65. The number of hydrogen-bond acceptors (Lipinski definition) is 3. The molecule has 0 aliphatic carbocycles. The largest absolute Gasteiger partial charge is 0.317 e. The molecule has 0 bridgehead atoms. The first-order valence-corrected chi connectivity index (χ1v) is 2.65. The van der Waals surface area contributed by atoms with E-state index in [-0.39, 0.29) is 18.2 Å². The normalized spacial score (nSPS) is 34.9. The highest BCUT2D eigenvalue weighted by atomic mass is 16.2. The number of carbonyl (C=O) groups is 2. The van der Waals surface area contributed by atoms with Crippen molar-refractivity contribution >= 4 is 11.8 Å². The maximum absolute atomic E-state index is 10.6. The lowest BCUT2D eigenvalue weighted by Crippen LogP contribution is -2.43. The van der Waals surface area contributed by atoms with Gasteiger partial charge in [-0.1, -0.05) is 0 Å². The summed E-state index contributed by atoms with van der Waals surface area (Å²) in [7, 11) is 0. The molecule has 2 amide bonds. The lowest BCUT2D eigenvalue weighted by atomic mass is 10.0. The van der Waals surface area contributed by atoms with Gasteiger partial charge in [0.1, 0.15) is 5.54 Å². The Kier molecular flexibility index (Phi) is 1.06. The standard InChI is InChI=1S/C5H8N2O2/c1-5(6)2-3(8)7-4(5)9/h2,6H2,1H3,(H,7,8,9)/t5-/m1/s1. The van der Waals surface area contributed by atoms with Gasteiger partial charge >= 0.3 is 0 Å². The van der Waals surface area contributed by atoms with Crippen LogP contribution in [0.1, 0.15) is 13.3 Å². The topological polar surface area (TPSA) is 72.2 Å². The highest BCUT2D eigenvalue weighted by Crippen LogP contribution is 2.11. The summed E-state index contributed by atoms with van der Waals surface area (Å²) in [6.07, 6.45) is 0.103. The number of imide groups is 1. The zero-order valence-electron chi connectivity index (χ0n) is 5.10. The average molecular weight is 128 g/mol. The SMILES string of the molecule is C[C@@]1(N)CC(=O)NC1=O. The van der Waals surface area contributed by atoms with E-state index in [1.165, 1.54) is 6.92 Å². The molecule has 4 nitrogen and oxygen atoms in total. The summed E-state index contributed by atoms with van der Waals surface area (Å²) in [6.45, 7) is 1.53. The molecule has 1 rings (SSSR count). The lowest BCUT2D eigenvalue weighted by Gasteiger charge is -2.09. The second-order valence-corrected chi connectivity index (χ2v) is 2.47. The van der Waals surface area contributed by atoms with Crippen molar-refractivity contribution in [2.24, 2.45) is 5.73 Å². The summed E-state index contributed by atoms with van der Waals surface area (Å²) in [4.78, 5) is 21.1. The van der Waals surface area contributed by atoms with E-state index in [1.54, 1.807) is 0 Å². The van der Waals surface area contributed by atoms with Crippen LogP contribution in [0.2, 0.25) is 0 Å². The van der Waals surface area contributed by atoms with Gasteiger partial charge in [0.05, 0.1) is 6.42 Å². The fourth-order valence-corrected chi connectivity index (χ4v) is 0.727. The predicted molar refractivity (Wildman–Crippen MR) is 30.4 cm³/mol. The third-order valence-electron chi connectivity index (χ3n) is 1.30. The molecule has 1 fully saturated rings. The molecular weight excluding hydrogens is 120 g/mol. The number of hydrogen-bond donors (Lipinski definition) is 2. The van der Waals surface area contributed by atoms with Gasteiger partial charge in [0, 0.05) is 0 Å². The van der Waals surface area contributed by atoms with E-state index >= 15 is 0 Å². The molecule has 0 aromatic carbocycles. The summed E-state index contributed by atoms with van der Waals surface area (Å²) in [5.74, 6) is -0.669. The van der Waals surface area contributed by atoms with E-state index in [9.17, 15) is 9.59 Å². The van der Waals surface area contributed by atoms with Crippen molar-refractivity contribution in [3.05, 3.63) is 0 Å². The Bertz CT molecular complexity index is 174. The molecule has 0 saturated carbocycles. The van der Waals surface area contributed by atoms with Gasteiger partial charge < -0.3 is 5.73 Å². The van der Waals surface area contributed by atoms with Crippen LogP contribution in [0, 0.1) is 0 Å². The van der Waals surface area contributed by atoms with E-state index < -0.39 is 5.54 Å². The predicted octanol–water partition coefficient (Wildman–Crippen LogP) is -1.25. The summed E-state index contributed by atoms with van der Waals surface area (Å²) in [6, 6.07) is 0. The van der Waals surface area contributed by atoms with E-state index in [4.69, 9.17) is 5.73 Å². The Balaban J connectivity index is 2.81. The quantitative estimate of drug-likeness (QED) is 0.400. The number of nitrogens with one attached hydrogen (secondary N) is 1. The molecule has 0 spiro atoms. The van der Waals surface area contributed by atoms with E-state index in [0.29, 0.717) is 0 Å². The molecule has 1 aliphatic heterocycles. The summed E-state index contributed by atoms with van der Waals surface area (Å²) in [5.41, 5.74) is 4.40. The van der Waals surface area contributed by atoms with Crippen LogP contribution in [0.5, 0.6) is 0 Å². The molecule has 4 heteroatoms. The van der Waals surface area contributed by atoms with Crippen molar-refractivity contribution in [2.45, 2.75) is 18.9 Å². The Morgan fingerprint density at radius 3 is 2.33 bits per heavy atom. The van der Waals surface area contributed by atoms with Crippen LogP contribution < -0.4 is 11.1 Å². The van der Waals surface area contributed by atoms with Gasteiger partial charge in [-0.15, -0.1) is 0 Å². The first-order chi connectivity index (χ1) is 4.02. The van der Waals surface area contributed by atoms with Crippen molar-refractivity contribution in [2.75, 3.05) is 0 Å². The van der Waals surface area contributed by atoms with Gasteiger partial charge in [0.15, 0.2) is 0 Å². The minimum absolute atomic E-state index is 0.103. The molecule has 0 radical (unpaired) electrons. The lowest BCUT2D eigenvalue weighted by molar-refractivity contribution is -0.126. The van der Waals surface area contributed by atoms with Crippen LogP contribution in [0.15, 0.2) is 0 Å². The summed E-state index contributed by atoms with van der Waals surface area (Å²) >= 11 is 0. The van der Waals surface area contributed by atoms with Crippen LogP contribution in [-0.2, 0) is 9.59 Å². The van der Waals surface area contributed by atoms with E-state index in [0.717, 1.165) is 0 Å². The Morgan fingerprint density at radius 1 is 1.67 bits per heavy atom. The molecule has 1 aliphatic rings. The molecule has 0 unspecified atom stereocenters. The van der Waals surface area contributed by atoms with Crippen LogP contribution in [0.4, 0.5) is 0 Å². The fraction of sp³-hybridized carbons (Fsp3) is 0.600. The maximum atomic E-state index is 10.6. The van der Waals surface area contributed by atoms with Crippen molar-refractivity contribution < 1.29 is 9.59 Å². The fourth-order valence-electron chi connectivity index (χ4n) is 0.727. The average Bonchev–Trinajstić information content (AvgIpc) is 1.79. The Hall–Kier alpha value is -0.900. The zero-order valence-corrected chi connectivity index (χ0v) is 5.10. The Morgan fingerprint density at radius 2 is 2.22 bits per heavy atom. The van der Waals surface area contributed by atoms with Gasteiger partial charge in [-0.2, -0.15) is 0 Å².